The van der Waals surface area contributed by atoms with Gasteiger partial charge in [-0.2, -0.15) is 0 Å². The number of aromatic nitrogens is 1. The van der Waals surface area contributed by atoms with Crippen LogP contribution in [0.4, 0.5) is 0 Å². The fraction of sp³-hybridized carbons (Fsp3) is 0.815. The summed E-state index contributed by atoms with van der Waals surface area (Å²) >= 11 is 1.62. The Hall–Kier alpha value is -1.78. The molecule has 1 heterocycles. The van der Waals surface area contributed by atoms with Crippen LogP contribution in [0.15, 0.2) is 9.42 Å². The molecule has 9 nitrogen and oxygen atoms in total. The molecule has 1 aromatic heterocycles. The average Bonchev–Trinajstić information content (AvgIpc) is 3.25. The Kier molecular flexibility index (Phi) is 7.80. The first kappa shape index (κ1) is 26.8. The van der Waals surface area contributed by atoms with Gasteiger partial charge in [-0.25, -0.2) is 0 Å². The molecule has 5 aliphatic rings. The lowest BCUT2D eigenvalue weighted by Crippen LogP contribution is -2.61. The number of amides is 2. The number of hydrogen-bond acceptors (Lipinski definition) is 8. The zero-order valence-electron chi connectivity index (χ0n) is 22.1. The fourth-order valence-electron chi connectivity index (χ4n) is 7.13. The van der Waals surface area contributed by atoms with Crippen LogP contribution >= 0.6 is 11.8 Å². The molecule has 0 aliphatic heterocycles. The van der Waals surface area contributed by atoms with Gasteiger partial charge in [-0.3, -0.25) is 9.59 Å². The third kappa shape index (κ3) is 5.81. The second kappa shape index (κ2) is 10.8. The zero-order valence-corrected chi connectivity index (χ0v) is 22.9. The Labute approximate surface area is 223 Å². The first-order chi connectivity index (χ1) is 17.7. The molecule has 1 aromatic rings. The number of nitrogens with one attached hydrogen (secondary N) is 2. The minimum atomic E-state index is -0.802. The summed E-state index contributed by atoms with van der Waals surface area (Å²) in [6.45, 7) is 4.49. The summed E-state index contributed by atoms with van der Waals surface area (Å²) in [6, 6.07) is 0.0523. The molecule has 0 aromatic carbocycles. The quantitative estimate of drug-likeness (QED) is 0.359. The van der Waals surface area contributed by atoms with E-state index in [0.717, 1.165) is 44.9 Å². The number of carbonyl (C=O) groups excluding carboxylic acids is 2. The Morgan fingerprint density at radius 2 is 1.89 bits per heavy atom. The number of ether oxygens (including phenoxy) is 1. The van der Waals surface area contributed by atoms with Gasteiger partial charge in [0.05, 0.1) is 11.0 Å². The van der Waals surface area contributed by atoms with Crippen molar-refractivity contribution < 1.29 is 24.0 Å². The third-order valence-electron chi connectivity index (χ3n) is 8.82. The molecule has 4 bridgehead atoms. The first-order valence-corrected chi connectivity index (χ1v) is 14.9. The van der Waals surface area contributed by atoms with Crippen LogP contribution in [0.3, 0.4) is 0 Å². The van der Waals surface area contributed by atoms with E-state index in [1.54, 1.807) is 25.6 Å². The van der Waals surface area contributed by atoms with Gasteiger partial charge in [0.15, 0.2) is 0 Å². The molecule has 2 atom stereocenters. The lowest BCUT2D eigenvalue weighted by molar-refractivity contribution is -0.137. The average molecular weight is 535 g/mol. The van der Waals surface area contributed by atoms with Crippen molar-refractivity contribution in [1.82, 2.24) is 15.8 Å². The Morgan fingerprint density at radius 1 is 1.19 bits per heavy atom. The smallest absolute Gasteiger partial charge is 0.291 e. The van der Waals surface area contributed by atoms with Crippen molar-refractivity contribution in [1.29, 1.82) is 0 Å². The highest BCUT2D eigenvalue weighted by Crippen LogP contribution is 2.55. The highest BCUT2D eigenvalue weighted by molar-refractivity contribution is 8.00. The number of carbonyl (C=O) groups is 2. The highest BCUT2D eigenvalue weighted by Gasteiger charge is 2.55. The predicted octanol–water partition coefficient (Wildman–Crippen LogP) is 3.25. The van der Waals surface area contributed by atoms with E-state index in [0.29, 0.717) is 41.0 Å². The fourth-order valence-corrected chi connectivity index (χ4v) is 8.47. The van der Waals surface area contributed by atoms with E-state index >= 15 is 0 Å². The van der Waals surface area contributed by atoms with Crippen LogP contribution in [0, 0.1) is 23.2 Å². The van der Waals surface area contributed by atoms with Gasteiger partial charge in [-0.15, -0.1) is 11.8 Å². The van der Waals surface area contributed by atoms with Crippen LogP contribution in [0.1, 0.15) is 88.6 Å². The van der Waals surface area contributed by atoms with E-state index in [1.807, 2.05) is 0 Å². The molecular weight excluding hydrogens is 492 g/mol. The topological polar surface area (TPSA) is 140 Å². The molecule has 2 unspecified atom stereocenters. The maximum atomic E-state index is 13.6. The van der Waals surface area contributed by atoms with E-state index in [-0.39, 0.29) is 36.1 Å². The molecule has 10 heteroatoms. The molecule has 2 amide bonds. The Balaban J connectivity index is 1.31. The van der Waals surface area contributed by atoms with Gasteiger partial charge in [0.25, 0.3) is 11.8 Å². The van der Waals surface area contributed by atoms with Crippen molar-refractivity contribution in [2.45, 2.75) is 99.8 Å². The summed E-state index contributed by atoms with van der Waals surface area (Å²) in [5, 5.41) is 21.5. The summed E-state index contributed by atoms with van der Waals surface area (Å²) in [4.78, 5) is 26.7. The SMILES string of the molecule is CC(C)(COc1noc(C(=O)NC2C3CC4CC2CC(O)(C4)C3)c1SC1CCCCC1)C(=O)NCCN. The minimum Gasteiger partial charge on any atom is -0.474 e. The zero-order chi connectivity index (χ0) is 26.2. The molecule has 5 N–H and O–H groups in total. The highest BCUT2D eigenvalue weighted by atomic mass is 32.2. The lowest BCUT2D eigenvalue weighted by Gasteiger charge is -2.58. The second-order valence-corrected chi connectivity index (χ2v) is 13.7. The van der Waals surface area contributed by atoms with Gasteiger partial charge in [0.2, 0.25) is 11.7 Å². The largest absolute Gasteiger partial charge is 0.474 e. The van der Waals surface area contributed by atoms with E-state index < -0.39 is 11.0 Å². The van der Waals surface area contributed by atoms with Crippen LogP contribution in [0.5, 0.6) is 5.88 Å². The minimum absolute atomic E-state index is 0.0523. The molecule has 0 radical (unpaired) electrons. The third-order valence-corrected chi connectivity index (χ3v) is 10.2. The molecule has 5 fully saturated rings. The molecule has 206 valence electrons. The summed E-state index contributed by atoms with van der Waals surface area (Å²) in [6.07, 6.45) is 10.3. The molecular formula is C27H42N4O5S. The first-order valence-electron chi connectivity index (χ1n) is 14.0. The standard InChI is InChI=1S/C27H42N4O5S/c1-26(2,25(33)29-9-8-28)15-35-24-22(37-19-6-4-3-5-7-19)21(36-31-24)23(32)30-20-17-10-16-11-18(20)14-27(34,12-16)13-17/h16-20,34H,3-15,28H2,1-2H3,(H,29,33)(H,30,32). The van der Waals surface area contributed by atoms with Crippen molar-refractivity contribution in [2.24, 2.45) is 28.9 Å². The van der Waals surface area contributed by atoms with Crippen LogP contribution in [-0.2, 0) is 4.79 Å². The number of aliphatic hydroxyl groups is 1. The number of nitrogens with two attached hydrogens (primary N) is 1. The van der Waals surface area contributed by atoms with Gasteiger partial charge in [-0.1, -0.05) is 19.3 Å². The van der Waals surface area contributed by atoms with E-state index in [2.05, 4.69) is 15.8 Å². The number of thioether (sulfide) groups is 1. The summed E-state index contributed by atoms with van der Waals surface area (Å²) in [5.74, 6) is 1.25. The molecule has 5 aliphatic carbocycles. The Bertz CT molecular complexity index is 975. The molecule has 0 saturated heterocycles. The normalized spacial score (nSPS) is 31.4. The molecule has 37 heavy (non-hydrogen) atoms. The Morgan fingerprint density at radius 3 is 2.54 bits per heavy atom. The summed E-state index contributed by atoms with van der Waals surface area (Å²) in [7, 11) is 0. The van der Waals surface area contributed by atoms with E-state index in [9.17, 15) is 14.7 Å². The number of rotatable bonds is 10. The van der Waals surface area contributed by atoms with Gasteiger partial charge < -0.3 is 30.7 Å². The second-order valence-electron chi connectivity index (χ2n) is 12.4. The monoisotopic (exact) mass is 534 g/mol. The maximum absolute atomic E-state index is 13.6. The van der Waals surface area contributed by atoms with E-state index in [1.165, 1.54) is 19.3 Å². The van der Waals surface area contributed by atoms with E-state index in [4.69, 9.17) is 15.0 Å². The van der Waals surface area contributed by atoms with Crippen molar-refractivity contribution in [3.8, 4) is 5.88 Å². The van der Waals surface area contributed by atoms with Gasteiger partial charge in [-0.05, 0) is 81.7 Å². The predicted molar refractivity (Wildman–Crippen MR) is 140 cm³/mol. The lowest BCUT2D eigenvalue weighted by atomic mass is 9.52. The van der Waals surface area contributed by atoms with Gasteiger partial charge in [0, 0.05) is 24.4 Å². The summed E-state index contributed by atoms with van der Waals surface area (Å²) < 4.78 is 11.7. The van der Waals surface area contributed by atoms with Crippen LogP contribution in [0.25, 0.3) is 0 Å². The van der Waals surface area contributed by atoms with Crippen LogP contribution < -0.4 is 21.1 Å². The maximum Gasteiger partial charge on any atom is 0.291 e. The van der Waals surface area contributed by atoms with Crippen LogP contribution in [-0.4, -0.2) is 58.7 Å². The van der Waals surface area contributed by atoms with Crippen molar-refractivity contribution >= 4 is 23.6 Å². The molecule has 6 rings (SSSR count). The number of hydrogen-bond donors (Lipinski definition) is 4. The molecule has 5 saturated carbocycles. The van der Waals surface area contributed by atoms with Crippen molar-refractivity contribution in [2.75, 3.05) is 19.7 Å². The van der Waals surface area contributed by atoms with Crippen LogP contribution in [0.2, 0.25) is 0 Å². The van der Waals surface area contributed by atoms with Crippen molar-refractivity contribution in [3.05, 3.63) is 5.76 Å². The molecule has 0 spiro atoms. The van der Waals surface area contributed by atoms with Gasteiger partial charge in [0.1, 0.15) is 11.5 Å². The summed E-state index contributed by atoms with van der Waals surface area (Å²) in [5.41, 5.74) is 4.17. The van der Waals surface area contributed by atoms with Crippen molar-refractivity contribution in [3.63, 3.8) is 0 Å². The number of nitrogens with zero attached hydrogens (tertiary/aromatic N) is 1. The van der Waals surface area contributed by atoms with Gasteiger partial charge >= 0.3 is 0 Å².